The summed E-state index contributed by atoms with van der Waals surface area (Å²) >= 11 is 0. The van der Waals surface area contributed by atoms with Crippen molar-refractivity contribution in [1.82, 2.24) is 4.90 Å². The van der Waals surface area contributed by atoms with Crippen LogP contribution in [0.2, 0.25) is 0 Å². The van der Waals surface area contributed by atoms with Gasteiger partial charge in [0.15, 0.2) is 0 Å². The molecule has 0 radical (unpaired) electrons. The number of hydrogen-bond donors (Lipinski definition) is 0. The van der Waals surface area contributed by atoms with Crippen LogP contribution in [0.5, 0.6) is 0 Å². The first-order valence-electron chi connectivity index (χ1n) is 4.19. The van der Waals surface area contributed by atoms with Crippen LogP contribution in [0.1, 0.15) is 26.2 Å². The summed E-state index contributed by atoms with van der Waals surface area (Å²) in [6, 6.07) is 0. The van der Waals surface area contributed by atoms with E-state index in [0.29, 0.717) is 0 Å². The Morgan fingerprint density at radius 3 is 2.90 bits per heavy atom. The van der Waals surface area contributed by atoms with Crippen molar-refractivity contribution in [2.24, 2.45) is 0 Å². The predicted octanol–water partition coefficient (Wildman–Crippen LogP) is 1.83. The van der Waals surface area contributed by atoms with E-state index in [-0.39, 0.29) is 0 Å². The molecular weight excluding hydrogens is 129 g/mol. The van der Waals surface area contributed by atoms with Crippen molar-refractivity contribution < 1.29 is 4.39 Å². The number of likely N-dealkylation sites (tertiary alicyclic amines) is 1. The van der Waals surface area contributed by atoms with Crippen molar-refractivity contribution in [3.8, 4) is 0 Å². The van der Waals surface area contributed by atoms with Gasteiger partial charge in [0.25, 0.3) is 0 Å². The lowest BCUT2D eigenvalue weighted by Crippen LogP contribution is -2.24. The van der Waals surface area contributed by atoms with Gasteiger partial charge < -0.3 is 4.90 Å². The minimum absolute atomic E-state index is 0.531. The average molecular weight is 145 g/mol. The first-order chi connectivity index (χ1) is 4.83. The van der Waals surface area contributed by atoms with Crippen molar-refractivity contribution in [2.45, 2.75) is 32.4 Å². The molecule has 1 aliphatic heterocycles. The molecule has 10 heavy (non-hydrogen) atoms. The van der Waals surface area contributed by atoms with Crippen LogP contribution in [-0.4, -0.2) is 30.7 Å². The summed E-state index contributed by atoms with van der Waals surface area (Å²) in [5.74, 6) is 0. The van der Waals surface area contributed by atoms with E-state index in [0.717, 1.165) is 38.9 Å². The Bertz CT molecular complexity index is 95.3. The maximum atomic E-state index is 12.7. The number of halogens is 1. The number of alkyl halides is 1. The summed E-state index contributed by atoms with van der Waals surface area (Å²) < 4.78 is 12.7. The van der Waals surface area contributed by atoms with E-state index >= 15 is 0 Å². The summed E-state index contributed by atoms with van der Waals surface area (Å²) in [6.45, 7) is 5.26. The largest absolute Gasteiger partial charge is 0.304 e. The second kappa shape index (κ2) is 3.91. The van der Waals surface area contributed by atoms with Crippen LogP contribution >= 0.6 is 0 Å². The number of hydrogen-bond acceptors (Lipinski definition) is 1. The SMILES string of the molecule is CCN1CCCC(F)CC1. The highest BCUT2D eigenvalue weighted by molar-refractivity contribution is 4.67. The van der Waals surface area contributed by atoms with Gasteiger partial charge in [-0.2, -0.15) is 0 Å². The third kappa shape index (κ3) is 2.25. The molecule has 0 saturated carbocycles. The molecule has 0 aliphatic carbocycles. The molecule has 0 aromatic heterocycles. The quantitative estimate of drug-likeness (QED) is 0.544. The average Bonchev–Trinajstić information content (AvgIpc) is 2.14. The maximum Gasteiger partial charge on any atom is 0.101 e. The minimum atomic E-state index is -0.531. The summed E-state index contributed by atoms with van der Waals surface area (Å²) in [5.41, 5.74) is 0. The summed E-state index contributed by atoms with van der Waals surface area (Å²) in [4.78, 5) is 2.32. The van der Waals surface area contributed by atoms with Gasteiger partial charge in [0, 0.05) is 6.54 Å². The lowest BCUT2D eigenvalue weighted by atomic mass is 10.2. The minimum Gasteiger partial charge on any atom is -0.304 e. The molecule has 1 unspecified atom stereocenters. The molecular formula is C8H16FN. The molecule has 1 atom stereocenters. The molecule has 1 saturated heterocycles. The first kappa shape index (κ1) is 7.99. The van der Waals surface area contributed by atoms with Crippen LogP contribution in [0.15, 0.2) is 0 Å². The van der Waals surface area contributed by atoms with Gasteiger partial charge in [0.1, 0.15) is 6.17 Å². The third-order valence-electron chi connectivity index (χ3n) is 2.20. The van der Waals surface area contributed by atoms with Crippen LogP contribution in [0.3, 0.4) is 0 Å². The van der Waals surface area contributed by atoms with Crippen molar-refractivity contribution >= 4 is 0 Å². The van der Waals surface area contributed by atoms with E-state index in [4.69, 9.17) is 0 Å². The van der Waals surface area contributed by atoms with E-state index in [1.54, 1.807) is 0 Å². The monoisotopic (exact) mass is 145 g/mol. The number of rotatable bonds is 1. The molecule has 0 spiro atoms. The Labute approximate surface area is 62.2 Å². The van der Waals surface area contributed by atoms with E-state index in [2.05, 4.69) is 11.8 Å². The second-order valence-corrected chi connectivity index (χ2v) is 2.96. The highest BCUT2D eigenvalue weighted by Gasteiger charge is 2.13. The Balaban J connectivity index is 2.26. The van der Waals surface area contributed by atoms with Gasteiger partial charge in [0.2, 0.25) is 0 Å². The fraction of sp³-hybridized carbons (Fsp3) is 1.00. The van der Waals surface area contributed by atoms with Crippen LogP contribution in [0, 0.1) is 0 Å². The fourth-order valence-electron chi connectivity index (χ4n) is 1.43. The zero-order valence-corrected chi connectivity index (χ0v) is 6.65. The van der Waals surface area contributed by atoms with E-state index in [1.165, 1.54) is 0 Å². The predicted molar refractivity (Wildman–Crippen MR) is 40.9 cm³/mol. The van der Waals surface area contributed by atoms with Crippen LogP contribution in [-0.2, 0) is 0 Å². The molecule has 1 aliphatic rings. The molecule has 0 aromatic rings. The maximum absolute atomic E-state index is 12.7. The lowest BCUT2D eigenvalue weighted by Gasteiger charge is -2.15. The highest BCUT2D eigenvalue weighted by Crippen LogP contribution is 2.12. The Kier molecular flexibility index (Phi) is 3.13. The molecule has 0 aromatic carbocycles. The molecule has 60 valence electrons. The summed E-state index contributed by atoms with van der Waals surface area (Å²) in [6.07, 6.45) is 2.02. The van der Waals surface area contributed by atoms with Crippen LogP contribution < -0.4 is 0 Å². The Morgan fingerprint density at radius 2 is 2.20 bits per heavy atom. The Hall–Kier alpha value is -0.110. The second-order valence-electron chi connectivity index (χ2n) is 2.96. The van der Waals surface area contributed by atoms with Crippen LogP contribution in [0.25, 0.3) is 0 Å². The molecule has 1 heterocycles. The first-order valence-corrected chi connectivity index (χ1v) is 4.19. The van der Waals surface area contributed by atoms with Crippen LogP contribution in [0.4, 0.5) is 4.39 Å². The number of nitrogens with zero attached hydrogens (tertiary/aromatic N) is 1. The summed E-state index contributed by atoms with van der Waals surface area (Å²) in [5, 5.41) is 0. The van der Waals surface area contributed by atoms with Gasteiger partial charge in [-0.05, 0) is 32.4 Å². The molecule has 1 rings (SSSR count). The van der Waals surface area contributed by atoms with Gasteiger partial charge >= 0.3 is 0 Å². The molecule has 0 N–H and O–H groups in total. The van der Waals surface area contributed by atoms with E-state index < -0.39 is 6.17 Å². The van der Waals surface area contributed by atoms with Crippen molar-refractivity contribution in [3.63, 3.8) is 0 Å². The molecule has 2 heteroatoms. The Morgan fingerprint density at radius 1 is 1.40 bits per heavy atom. The smallest absolute Gasteiger partial charge is 0.101 e. The normalized spacial score (nSPS) is 30.0. The zero-order chi connectivity index (χ0) is 7.40. The molecule has 0 bridgehead atoms. The van der Waals surface area contributed by atoms with Crippen molar-refractivity contribution in [1.29, 1.82) is 0 Å². The van der Waals surface area contributed by atoms with Crippen molar-refractivity contribution in [3.05, 3.63) is 0 Å². The van der Waals surface area contributed by atoms with Crippen molar-refractivity contribution in [2.75, 3.05) is 19.6 Å². The lowest BCUT2D eigenvalue weighted by molar-refractivity contribution is 0.272. The fourth-order valence-corrected chi connectivity index (χ4v) is 1.43. The zero-order valence-electron chi connectivity index (χ0n) is 6.65. The van der Waals surface area contributed by atoms with Gasteiger partial charge in [-0.15, -0.1) is 0 Å². The third-order valence-corrected chi connectivity index (χ3v) is 2.20. The van der Waals surface area contributed by atoms with Gasteiger partial charge in [0.05, 0.1) is 0 Å². The van der Waals surface area contributed by atoms with E-state index in [9.17, 15) is 4.39 Å². The van der Waals surface area contributed by atoms with Gasteiger partial charge in [-0.25, -0.2) is 4.39 Å². The van der Waals surface area contributed by atoms with E-state index in [1.807, 2.05) is 0 Å². The summed E-state index contributed by atoms with van der Waals surface area (Å²) in [7, 11) is 0. The van der Waals surface area contributed by atoms with Gasteiger partial charge in [-0.1, -0.05) is 6.92 Å². The molecule has 1 nitrogen and oxygen atoms in total. The molecule has 0 amide bonds. The highest BCUT2D eigenvalue weighted by atomic mass is 19.1. The topological polar surface area (TPSA) is 3.24 Å². The molecule has 1 fully saturated rings. The standard InChI is InChI=1S/C8H16FN/c1-2-10-6-3-4-8(9)5-7-10/h8H,2-7H2,1H3. The van der Waals surface area contributed by atoms with Gasteiger partial charge in [-0.3, -0.25) is 0 Å².